The number of likely N-dealkylation sites (tertiary alicyclic amines) is 1. The molecule has 2 saturated heterocycles. The van der Waals surface area contributed by atoms with E-state index < -0.39 is 0 Å². The molecule has 0 N–H and O–H groups in total. The highest BCUT2D eigenvalue weighted by Crippen LogP contribution is 2.40. The highest BCUT2D eigenvalue weighted by Gasteiger charge is 2.43. The molecule has 1 atom stereocenters. The predicted molar refractivity (Wildman–Crippen MR) is 102 cm³/mol. The summed E-state index contributed by atoms with van der Waals surface area (Å²) in [5, 5.41) is 0. The maximum atomic E-state index is 12.9. The van der Waals surface area contributed by atoms with Crippen molar-refractivity contribution in [3.05, 3.63) is 42.0 Å². The summed E-state index contributed by atoms with van der Waals surface area (Å²) in [5.74, 6) is 1.56. The number of methoxy groups -OCH3 is 1. The van der Waals surface area contributed by atoms with E-state index in [9.17, 15) is 4.79 Å². The van der Waals surface area contributed by atoms with Crippen molar-refractivity contribution in [1.82, 2.24) is 19.9 Å². The van der Waals surface area contributed by atoms with Gasteiger partial charge in [-0.2, -0.15) is 0 Å². The number of hydrogen-bond acceptors (Lipinski definition) is 6. The number of aryl methyl sites for hydroxylation is 1. The number of pyridine rings is 1. The van der Waals surface area contributed by atoms with Crippen molar-refractivity contribution in [1.29, 1.82) is 0 Å². The van der Waals surface area contributed by atoms with Crippen LogP contribution >= 0.6 is 0 Å². The lowest BCUT2D eigenvalue weighted by Crippen LogP contribution is -2.45. The van der Waals surface area contributed by atoms with E-state index in [1.165, 1.54) is 0 Å². The average molecular weight is 367 g/mol. The van der Waals surface area contributed by atoms with Gasteiger partial charge in [0.1, 0.15) is 12.1 Å². The summed E-state index contributed by atoms with van der Waals surface area (Å²) in [6.07, 6.45) is 8.25. The van der Waals surface area contributed by atoms with E-state index in [0.29, 0.717) is 11.4 Å². The third-order valence-electron chi connectivity index (χ3n) is 5.67. The highest BCUT2D eigenvalue weighted by molar-refractivity contribution is 5.94. The maximum absolute atomic E-state index is 12.9. The van der Waals surface area contributed by atoms with Crippen LogP contribution < -0.4 is 9.64 Å². The van der Waals surface area contributed by atoms with Gasteiger partial charge in [-0.25, -0.2) is 9.97 Å². The fourth-order valence-electron chi connectivity index (χ4n) is 4.31. The van der Waals surface area contributed by atoms with Crippen LogP contribution in [0.4, 0.5) is 5.82 Å². The van der Waals surface area contributed by atoms with Gasteiger partial charge in [-0.1, -0.05) is 0 Å². The highest BCUT2D eigenvalue weighted by atomic mass is 16.5. The molecule has 4 rings (SSSR count). The second-order valence-corrected chi connectivity index (χ2v) is 7.67. The number of ether oxygens (including phenoxy) is 1. The summed E-state index contributed by atoms with van der Waals surface area (Å²) in [4.78, 5) is 29.9. The van der Waals surface area contributed by atoms with Gasteiger partial charge in [0, 0.05) is 50.1 Å². The Morgan fingerprint density at radius 1 is 1.15 bits per heavy atom. The minimum absolute atomic E-state index is 0.0869. The Morgan fingerprint density at radius 3 is 2.85 bits per heavy atom. The number of amides is 1. The maximum Gasteiger partial charge on any atom is 0.255 e. The first kappa shape index (κ1) is 17.7. The molecule has 7 nitrogen and oxygen atoms in total. The van der Waals surface area contributed by atoms with Crippen LogP contribution in [0.5, 0.6) is 5.88 Å². The van der Waals surface area contributed by atoms with Crippen molar-refractivity contribution < 1.29 is 9.53 Å². The molecule has 2 fully saturated rings. The van der Waals surface area contributed by atoms with Crippen LogP contribution in [0.3, 0.4) is 0 Å². The Balaban J connectivity index is 1.48. The van der Waals surface area contributed by atoms with Gasteiger partial charge in [0.05, 0.1) is 12.7 Å². The zero-order chi connectivity index (χ0) is 18.9. The Kier molecular flexibility index (Phi) is 4.68. The van der Waals surface area contributed by atoms with E-state index in [2.05, 4.69) is 19.9 Å². The standard InChI is InChI=1S/C20H25N5O2/c1-15-8-16(11-21-10-15)19(26)25-7-5-20(13-25)4-3-6-24(12-20)17-9-18(27-2)23-14-22-17/h8-11,14H,3-7,12-13H2,1-2H3/t20-/m1/s1. The predicted octanol–water partition coefficient (Wildman–Crippen LogP) is 2.32. The lowest BCUT2D eigenvalue weighted by Gasteiger charge is -2.41. The monoisotopic (exact) mass is 367 g/mol. The smallest absolute Gasteiger partial charge is 0.255 e. The van der Waals surface area contributed by atoms with Crippen molar-refractivity contribution in [2.24, 2.45) is 5.41 Å². The van der Waals surface area contributed by atoms with Crippen LogP contribution in [0.2, 0.25) is 0 Å². The van der Waals surface area contributed by atoms with Gasteiger partial charge in [-0.15, -0.1) is 0 Å². The number of hydrogen-bond donors (Lipinski definition) is 0. The molecule has 4 heterocycles. The third kappa shape index (κ3) is 3.59. The summed E-state index contributed by atoms with van der Waals surface area (Å²) in [6.45, 7) is 5.43. The zero-order valence-electron chi connectivity index (χ0n) is 15.9. The van der Waals surface area contributed by atoms with Crippen molar-refractivity contribution in [3.63, 3.8) is 0 Å². The topological polar surface area (TPSA) is 71.5 Å². The van der Waals surface area contributed by atoms with Gasteiger partial charge in [0.25, 0.3) is 5.91 Å². The molecule has 1 amide bonds. The molecule has 0 bridgehead atoms. The van der Waals surface area contributed by atoms with E-state index in [-0.39, 0.29) is 11.3 Å². The first-order valence-electron chi connectivity index (χ1n) is 9.40. The average Bonchev–Trinajstić information content (AvgIpc) is 3.10. The molecule has 0 radical (unpaired) electrons. The van der Waals surface area contributed by atoms with E-state index in [0.717, 1.165) is 56.8 Å². The minimum Gasteiger partial charge on any atom is -0.481 e. The SMILES string of the molecule is COc1cc(N2CCC[C@@]3(CCN(C(=O)c4cncc(C)c4)C3)C2)ncn1. The van der Waals surface area contributed by atoms with Gasteiger partial charge < -0.3 is 14.5 Å². The van der Waals surface area contributed by atoms with Gasteiger partial charge in [-0.05, 0) is 37.8 Å². The molecule has 2 aliphatic heterocycles. The molecule has 7 heteroatoms. The molecule has 142 valence electrons. The molecule has 0 aliphatic carbocycles. The molecule has 27 heavy (non-hydrogen) atoms. The Hall–Kier alpha value is -2.70. The van der Waals surface area contributed by atoms with E-state index >= 15 is 0 Å². The summed E-state index contributed by atoms with van der Waals surface area (Å²) < 4.78 is 5.23. The number of anilines is 1. The molecular weight excluding hydrogens is 342 g/mol. The molecule has 0 aromatic carbocycles. The van der Waals surface area contributed by atoms with Crippen LogP contribution in [0.1, 0.15) is 35.2 Å². The van der Waals surface area contributed by atoms with Crippen molar-refractivity contribution >= 4 is 11.7 Å². The molecule has 2 aliphatic rings. The summed E-state index contributed by atoms with van der Waals surface area (Å²) in [5.41, 5.74) is 1.82. The number of nitrogens with zero attached hydrogens (tertiary/aromatic N) is 5. The summed E-state index contributed by atoms with van der Waals surface area (Å²) >= 11 is 0. The van der Waals surface area contributed by atoms with Crippen LogP contribution in [0.25, 0.3) is 0 Å². The molecule has 0 saturated carbocycles. The first-order valence-corrected chi connectivity index (χ1v) is 9.40. The fourth-order valence-corrected chi connectivity index (χ4v) is 4.31. The lowest BCUT2D eigenvalue weighted by atomic mass is 9.79. The zero-order valence-corrected chi connectivity index (χ0v) is 15.9. The lowest BCUT2D eigenvalue weighted by molar-refractivity contribution is 0.0767. The number of carbonyl (C=O) groups excluding carboxylic acids is 1. The molecule has 2 aromatic rings. The number of piperidine rings is 1. The molecule has 2 aromatic heterocycles. The normalized spacial score (nSPS) is 22.3. The van der Waals surface area contributed by atoms with Gasteiger partial charge in [-0.3, -0.25) is 9.78 Å². The third-order valence-corrected chi connectivity index (χ3v) is 5.67. The molecule has 0 unspecified atom stereocenters. The van der Waals surface area contributed by atoms with Gasteiger partial charge in [0.15, 0.2) is 0 Å². The van der Waals surface area contributed by atoms with Crippen molar-refractivity contribution in [3.8, 4) is 5.88 Å². The van der Waals surface area contributed by atoms with Crippen molar-refractivity contribution in [2.75, 3.05) is 38.2 Å². The van der Waals surface area contributed by atoms with Crippen LogP contribution in [-0.2, 0) is 0 Å². The Bertz CT molecular complexity index is 843. The van der Waals surface area contributed by atoms with Crippen LogP contribution in [-0.4, -0.2) is 59.0 Å². The van der Waals surface area contributed by atoms with Gasteiger partial charge in [0.2, 0.25) is 5.88 Å². The van der Waals surface area contributed by atoms with E-state index in [1.54, 1.807) is 25.8 Å². The molecular formula is C20H25N5O2. The fraction of sp³-hybridized carbons (Fsp3) is 0.500. The van der Waals surface area contributed by atoms with E-state index in [1.807, 2.05) is 24.0 Å². The number of aromatic nitrogens is 3. The first-order chi connectivity index (χ1) is 13.1. The second kappa shape index (κ2) is 7.13. The molecule has 1 spiro atoms. The largest absolute Gasteiger partial charge is 0.481 e. The van der Waals surface area contributed by atoms with Crippen molar-refractivity contribution in [2.45, 2.75) is 26.2 Å². The van der Waals surface area contributed by atoms with Crippen LogP contribution in [0.15, 0.2) is 30.9 Å². The summed E-state index contributed by atoms with van der Waals surface area (Å²) in [6, 6.07) is 3.80. The quantitative estimate of drug-likeness (QED) is 0.829. The minimum atomic E-state index is 0.0869. The van der Waals surface area contributed by atoms with E-state index in [4.69, 9.17) is 4.74 Å². The van der Waals surface area contributed by atoms with Crippen LogP contribution in [0, 0.1) is 12.3 Å². The summed E-state index contributed by atoms with van der Waals surface area (Å²) in [7, 11) is 1.62. The Labute approximate surface area is 159 Å². The number of carbonyl (C=O) groups is 1. The second-order valence-electron chi connectivity index (χ2n) is 7.67. The number of rotatable bonds is 3. The van der Waals surface area contributed by atoms with Gasteiger partial charge >= 0.3 is 0 Å². The Morgan fingerprint density at radius 2 is 2.04 bits per heavy atom.